The summed E-state index contributed by atoms with van der Waals surface area (Å²) in [5, 5.41) is 0. The molecule has 0 amide bonds. The molecule has 1 aromatic rings. The fraction of sp³-hybridized carbons (Fsp3) is 0.444. The van der Waals surface area contributed by atoms with Crippen LogP contribution in [0, 0.1) is 0 Å². The summed E-state index contributed by atoms with van der Waals surface area (Å²) in [6, 6.07) is 1.96. The Hall–Kier alpha value is -0.450. The van der Waals surface area contributed by atoms with Crippen molar-refractivity contribution in [3.05, 3.63) is 28.5 Å². The summed E-state index contributed by atoms with van der Waals surface area (Å²) < 4.78 is 0.983. The summed E-state index contributed by atoms with van der Waals surface area (Å²) in [4.78, 5) is 8.67. The molecule has 0 bridgehead atoms. The maximum absolute atomic E-state index is 5.07. The zero-order valence-corrected chi connectivity index (χ0v) is 9.34. The average molecular weight is 245 g/mol. The first-order valence-corrected chi connectivity index (χ1v) is 4.79. The van der Waals surface area contributed by atoms with Crippen molar-refractivity contribution in [3.63, 3.8) is 0 Å². The van der Waals surface area contributed by atoms with E-state index in [4.69, 9.17) is 5.90 Å². The largest absolute Gasteiger partial charge is 0.304 e. The Morgan fingerprint density at radius 2 is 2.31 bits per heavy atom. The van der Waals surface area contributed by atoms with Gasteiger partial charge in [-0.25, -0.2) is 5.90 Å². The van der Waals surface area contributed by atoms with Crippen LogP contribution in [-0.2, 0) is 10.3 Å². The van der Waals surface area contributed by atoms with Crippen LogP contribution in [0.15, 0.2) is 22.9 Å². The number of pyridine rings is 1. The van der Waals surface area contributed by atoms with Crippen molar-refractivity contribution in [1.29, 1.82) is 0 Å². The van der Waals surface area contributed by atoms with Gasteiger partial charge in [0.05, 0.1) is 6.61 Å². The number of aromatic nitrogens is 1. The number of rotatable bonds is 3. The molecule has 0 aliphatic heterocycles. The minimum Gasteiger partial charge on any atom is -0.304 e. The smallest absolute Gasteiger partial charge is 0.0771 e. The normalized spacial score (nSPS) is 11.7. The molecule has 1 aromatic heterocycles. The molecule has 0 radical (unpaired) electrons. The third-order valence-corrected chi connectivity index (χ3v) is 2.58. The average Bonchev–Trinajstić information content (AvgIpc) is 2.04. The Labute approximate surface area is 86.4 Å². The van der Waals surface area contributed by atoms with Gasteiger partial charge in [-0.2, -0.15) is 0 Å². The highest BCUT2D eigenvalue weighted by atomic mass is 79.9. The van der Waals surface area contributed by atoms with Gasteiger partial charge in [0.25, 0.3) is 0 Å². The van der Waals surface area contributed by atoms with Crippen LogP contribution in [0.5, 0.6) is 0 Å². The molecule has 0 unspecified atom stereocenters. The molecule has 0 saturated heterocycles. The second-order valence-electron chi connectivity index (χ2n) is 3.55. The molecule has 0 saturated carbocycles. The van der Waals surface area contributed by atoms with Gasteiger partial charge >= 0.3 is 0 Å². The second-order valence-corrected chi connectivity index (χ2v) is 4.40. The topological polar surface area (TPSA) is 48.1 Å². The van der Waals surface area contributed by atoms with Crippen LogP contribution in [-0.4, -0.2) is 11.6 Å². The van der Waals surface area contributed by atoms with Crippen LogP contribution in [0.2, 0.25) is 0 Å². The maximum Gasteiger partial charge on any atom is 0.0771 e. The first-order valence-electron chi connectivity index (χ1n) is 3.99. The lowest BCUT2D eigenvalue weighted by molar-refractivity contribution is 0.0961. The van der Waals surface area contributed by atoms with Crippen molar-refractivity contribution in [2.45, 2.75) is 19.3 Å². The molecule has 13 heavy (non-hydrogen) atoms. The lowest BCUT2D eigenvalue weighted by Gasteiger charge is -2.24. The number of hydrogen-bond donors (Lipinski definition) is 1. The molecular weight excluding hydrogens is 232 g/mol. The molecule has 0 atom stereocenters. The van der Waals surface area contributed by atoms with Crippen LogP contribution in [0.1, 0.15) is 19.4 Å². The Morgan fingerprint density at radius 3 is 2.85 bits per heavy atom. The molecule has 2 N–H and O–H groups in total. The Bertz CT molecular complexity index is 289. The standard InChI is InChI=1S/C9H13BrN2O/c1-9(2,6-13-11)7-3-4-12-5-8(7)10/h3-5H,6,11H2,1-2H3. The molecule has 0 aliphatic carbocycles. The zero-order valence-electron chi connectivity index (χ0n) is 7.75. The minimum atomic E-state index is -0.101. The van der Waals surface area contributed by atoms with Crippen LogP contribution in [0.25, 0.3) is 0 Å². The van der Waals surface area contributed by atoms with E-state index in [0.717, 1.165) is 10.0 Å². The van der Waals surface area contributed by atoms with E-state index in [1.54, 1.807) is 12.4 Å². The summed E-state index contributed by atoms with van der Waals surface area (Å²) in [7, 11) is 0. The number of hydrogen-bond acceptors (Lipinski definition) is 3. The Kier molecular flexibility index (Phi) is 3.41. The van der Waals surface area contributed by atoms with E-state index in [9.17, 15) is 0 Å². The molecule has 1 rings (SSSR count). The van der Waals surface area contributed by atoms with Crippen LogP contribution in [0.3, 0.4) is 0 Å². The molecule has 4 heteroatoms. The van der Waals surface area contributed by atoms with Crippen molar-refractivity contribution in [1.82, 2.24) is 4.98 Å². The molecule has 0 aromatic carbocycles. The quantitative estimate of drug-likeness (QED) is 0.828. The lowest BCUT2D eigenvalue weighted by Crippen LogP contribution is -2.26. The highest BCUT2D eigenvalue weighted by molar-refractivity contribution is 9.10. The molecule has 1 heterocycles. The van der Waals surface area contributed by atoms with Gasteiger partial charge in [-0.1, -0.05) is 13.8 Å². The van der Waals surface area contributed by atoms with Gasteiger partial charge in [0.15, 0.2) is 0 Å². The fourth-order valence-electron chi connectivity index (χ4n) is 1.21. The zero-order chi connectivity index (χ0) is 9.90. The predicted octanol–water partition coefficient (Wildman–Crippen LogP) is 2.01. The van der Waals surface area contributed by atoms with E-state index in [1.165, 1.54) is 0 Å². The summed E-state index contributed by atoms with van der Waals surface area (Å²) in [5.74, 6) is 5.07. The van der Waals surface area contributed by atoms with Crippen molar-refractivity contribution in [3.8, 4) is 0 Å². The van der Waals surface area contributed by atoms with Crippen molar-refractivity contribution in [2.75, 3.05) is 6.61 Å². The van der Waals surface area contributed by atoms with Gasteiger partial charge in [0.2, 0.25) is 0 Å². The van der Waals surface area contributed by atoms with Crippen molar-refractivity contribution >= 4 is 15.9 Å². The van der Waals surface area contributed by atoms with Crippen LogP contribution >= 0.6 is 15.9 Å². The van der Waals surface area contributed by atoms with Gasteiger partial charge in [0, 0.05) is 22.3 Å². The van der Waals surface area contributed by atoms with Crippen molar-refractivity contribution in [2.24, 2.45) is 5.90 Å². The van der Waals surface area contributed by atoms with E-state index in [2.05, 4.69) is 39.6 Å². The summed E-state index contributed by atoms with van der Waals surface area (Å²) in [5.41, 5.74) is 1.05. The summed E-state index contributed by atoms with van der Waals surface area (Å²) >= 11 is 3.44. The molecular formula is C9H13BrN2O. The first-order chi connectivity index (χ1) is 6.08. The van der Waals surface area contributed by atoms with Gasteiger partial charge in [-0.15, -0.1) is 0 Å². The van der Waals surface area contributed by atoms with Gasteiger partial charge in [-0.3, -0.25) is 4.98 Å². The van der Waals surface area contributed by atoms with E-state index in [1.807, 2.05) is 6.07 Å². The lowest BCUT2D eigenvalue weighted by atomic mass is 9.86. The van der Waals surface area contributed by atoms with Gasteiger partial charge in [-0.05, 0) is 27.6 Å². The molecule has 0 aliphatic rings. The number of nitrogens with two attached hydrogens (primary N) is 1. The first kappa shape index (κ1) is 10.6. The minimum absolute atomic E-state index is 0.101. The van der Waals surface area contributed by atoms with Crippen LogP contribution < -0.4 is 5.90 Å². The van der Waals surface area contributed by atoms with E-state index in [-0.39, 0.29) is 5.41 Å². The monoisotopic (exact) mass is 244 g/mol. The fourth-order valence-corrected chi connectivity index (χ4v) is 2.00. The Morgan fingerprint density at radius 1 is 1.62 bits per heavy atom. The van der Waals surface area contributed by atoms with E-state index < -0.39 is 0 Å². The molecule has 3 nitrogen and oxygen atoms in total. The highest BCUT2D eigenvalue weighted by Crippen LogP contribution is 2.28. The predicted molar refractivity (Wildman–Crippen MR) is 55.1 cm³/mol. The van der Waals surface area contributed by atoms with E-state index >= 15 is 0 Å². The van der Waals surface area contributed by atoms with Crippen LogP contribution in [0.4, 0.5) is 0 Å². The number of halogens is 1. The van der Waals surface area contributed by atoms with Gasteiger partial charge < -0.3 is 4.84 Å². The van der Waals surface area contributed by atoms with Crippen molar-refractivity contribution < 1.29 is 4.84 Å². The molecule has 0 fully saturated rings. The third-order valence-electron chi connectivity index (χ3n) is 1.95. The van der Waals surface area contributed by atoms with Gasteiger partial charge in [0.1, 0.15) is 0 Å². The maximum atomic E-state index is 5.07. The van der Waals surface area contributed by atoms with E-state index in [0.29, 0.717) is 6.61 Å². The number of nitrogens with zero attached hydrogens (tertiary/aromatic N) is 1. The summed E-state index contributed by atoms with van der Waals surface area (Å²) in [6.07, 6.45) is 3.53. The SMILES string of the molecule is CC(C)(CON)c1ccncc1Br. The summed E-state index contributed by atoms with van der Waals surface area (Å²) in [6.45, 7) is 4.62. The highest BCUT2D eigenvalue weighted by Gasteiger charge is 2.22. The Balaban J connectivity index is 2.99. The molecule has 0 spiro atoms. The molecule has 72 valence electrons. The second kappa shape index (κ2) is 4.17. The third kappa shape index (κ3) is 2.49.